The molecule has 0 fully saturated rings. The number of hydrogen-bond donors (Lipinski definition) is 2. The number of aromatic nitrogens is 1. The molecule has 7 heteroatoms. The lowest BCUT2D eigenvalue weighted by atomic mass is 10.1. The maximum atomic E-state index is 12.3. The van der Waals surface area contributed by atoms with E-state index < -0.39 is 0 Å². The minimum Gasteiger partial charge on any atom is -0.461 e. The molecule has 3 rings (SSSR count). The number of furan rings is 1. The van der Waals surface area contributed by atoms with Crippen LogP contribution in [0, 0.1) is 6.92 Å². The van der Waals surface area contributed by atoms with Crippen LogP contribution in [-0.2, 0) is 4.74 Å². The van der Waals surface area contributed by atoms with Gasteiger partial charge in [-0.05, 0) is 24.6 Å². The summed E-state index contributed by atoms with van der Waals surface area (Å²) < 4.78 is 16.0. The summed E-state index contributed by atoms with van der Waals surface area (Å²) >= 11 is 0. The van der Waals surface area contributed by atoms with Crippen LogP contribution in [-0.4, -0.2) is 35.9 Å². The van der Waals surface area contributed by atoms with Gasteiger partial charge in [0.2, 0.25) is 5.76 Å². The Kier molecular flexibility index (Phi) is 5.83. The molecule has 0 saturated carbocycles. The van der Waals surface area contributed by atoms with Gasteiger partial charge in [0, 0.05) is 12.6 Å². The van der Waals surface area contributed by atoms with E-state index in [1.54, 1.807) is 12.1 Å². The Hall–Kier alpha value is -2.90. The second-order valence-corrected chi connectivity index (χ2v) is 5.76. The van der Waals surface area contributed by atoms with Crippen LogP contribution in [0.3, 0.4) is 0 Å². The Morgan fingerprint density at radius 1 is 1.27 bits per heavy atom. The van der Waals surface area contributed by atoms with Crippen LogP contribution < -0.4 is 5.32 Å². The zero-order chi connectivity index (χ0) is 18.4. The van der Waals surface area contributed by atoms with Crippen molar-refractivity contribution in [1.82, 2.24) is 10.5 Å². The Morgan fingerprint density at radius 2 is 2.08 bits per heavy atom. The maximum absolute atomic E-state index is 12.3. The highest BCUT2D eigenvalue weighted by Gasteiger charge is 2.18. The van der Waals surface area contributed by atoms with Gasteiger partial charge in [-0.25, -0.2) is 0 Å². The third-order valence-corrected chi connectivity index (χ3v) is 3.81. The van der Waals surface area contributed by atoms with Gasteiger partial charge in [-0.1, -0.05) is 35.0 Å². The third kappa shape index (κ3) is 4.38. The van der Waals surface area contributed by atoms with E-state index in [0.717, 1.165) is 11.1 Å². The second-order valence-electron chi connectivity index (χ2n) is 5.76. The number of carbonyl (C=O) groups excluding carboxylic acids is 1. The van der Waals surface area contributed by atoms with E-state index in [1.807, 2.05) is 31.2 Å². The number of aryl methyl sites for hydroxylation is 1. The molecule has 136 valence electrons. The predicted octanol–water partition coefficient (Wildman–Crippen LogP) is 2.72. The normalized spacial score (nSPS) is 12.1. The molecular formula is C19H20N2O5. The first-order valence-corrected chi connectivity index (χ1v) is 8.25. The fourth-order valence-corrected chi connectivity index (χ4v) is 2.44. The fourth-order valence-electron chi connectivity index (χ4n) is 2.44. The van der Waals surface area contributed by atoms with E-state index in [4.69, 9.17) is 18.8 Å². The molecule has 2 aromatic heterocycles. The number of carbonyl (C=O) groups is 1. The van der Waals surface area contributed by atoms with Crippen molar-refractivity contribution in [3.63, 3.8) is 0 Å². The Morgan fingerprint density at radius 3 is 2.77 bits per heavy atom. The molecule has 0 bridgehead atoms. The Balaban J connectivity index is 1.64. The molecule has 0 radical (unpaired) electrons. The first kappa shape index (κ1) is 17.9. The van der Waals surface area contributed by atoms with Crippen LogP contribution >= 0.6 is 0 Å². The number of benzene rings is 1. The molecule has 3 aromatic rings. The number of amides is 1. The van der Waals surface area contributed by atoms with Crippen molar-refractivity contribution >= 4 is 5.91 Å². The summed E-state index contributed by atoms with van der Waals surface area (Å²) in [5, 5.41) is 15.6. The molecule has 0 spiro atoms. The first-order valence-electron chi connectivity index (χ1n) is 8.25. The lowest BCUT2D eigenvalue weighted by molar-refractivity contribution is 0.0276. The highest BCUT2D eigenvalue weighted by atomic mass is 16.5. The van der Waals surface area contributed by atoms with Gasteiger partial charge in [-0.2, -0.15) is 0 Å². The van der Waals surface area contributed by atoms with Crippen molar-refractivity contribution in [1.29, 1.82) is 0 Å². The van der Waals surface area contributed by atoms with E-state index in [-0.39, 0.29) is 37.5 Å². The minimum absolute atomic E-state index is 0.0912. The molecule has 1 aromatic carbocycles. The minimum atomic E-state index is -0.378. The van der Waals surface area contributed by atoms with Crippen LogP contribution in [0.1, 0.15) is 27.7 Å². The number of nitrogens with one attached hydrogen (secondary N) is 1. The molecule has 7 nitrogen and oxygen atoms in total. The summed E-state index contributed by atoms with van der Waals surface area (Å²) in [6, 6.07) is 12.8. The van der Waals surface area contributed by atoms with Crippen molar-refractivity contribution in [2.45, 2.75) is 13.0 Å². The lowest BCUT2D eigenvalue weighted by Gasteiger charge is -2.18. The first-order chi connectivity index (χ1) is 12.7. The summed E-state index contributed by atoms with van der Waals surface area (Å²) in [7, 11) is 0. The molecule has 0 saturated heterocycles. The highest BCUT2D eigenvalue weighted by Crippen LogP contribution is 2.21. The average Bonchev–Trinajstić information content (AvgIpc) is 3.34. The SMILES string of the molecule is Cc1ccc(C(CNC(=O)c2cc(-c3ccco3)on2)OCCO)cc1. The number of nitrogens with zero attached hydrogens (tertiary/aromatic N) is 1. The number of aliphatic hydroxyl groups is 1. The quantitative estimate of drug-likeness (QED) is 0.644. The van der Waals surface area contributed by atoms with E-state index in [1.165, 1.54) is 12.3 Å². The van der Waals surface area contributed by atoms with Crippen molar-refractivity contribution in [3.8, 4) is 11.5 Å². The molecule has 1 amide bonds. The molecule has 0 aliphatic heterocycles. The van der Waals surface area contributed by atoms with Gasteiger partial charge in [0.15, 0.2) is 11.5 Å². The van der Waals surface area contributed by atoms with Gasteiger partial charge in [0.05, 0.1) is 25.6 Å². The number of aliphatic hydroxyl groups excluding tert-OH is 1. The fraction of sp³-hybridized carbons (Fsp3) is 0.263. The summed E-state index contributed by atoms with van der Waals surface area (Å²) in [4.78, 5) is 12.3. The summed E-state index contributed by atoms with van der Waals surface area (Å²) in [6.07, 6.45) is 1.14. The van der Waals surface area contributed by atoms with Crippen molar-refractivity contribution in [2.75, 3.05) is 19.8 Å². The van der Waals surface area contributed by atoms with Crippen LogP contribution in [0.4, 0.5) is 0 Å². The molecule has 1 atom stereocenters. The Bertz CT molecular complexity index is 824. The zero-order valence-corrected chi connectivity index (χ0v) is 14.3. The van der Waals surface area contributed by atoms with E-state index in [0.29, 0.717) is 11.5 Å². The molecular weight excluding hydrogens is 336 g/mol. The molecule has 1 unspecified atom stereocenters. The number of ether oxygens (including phenoxy) is 1. The maximum Gasteiger partial charge on any atom is 0.273 e. The van der Waals surface area contributed by atoms with Crippen LogP contribution in [0.5, 0.6) is 0 Å². The van der Waals surface area contributed by atoms with E-state index >= 15 is 0 Å². The number of rotatable bonds is 8. The Labute approximate surface area is 150 Å². The average molecular weight is 356 g/mol. The van der Waals surface area contributed by atoms with Crippen LogP contribution in [0.15, 0.2) is 57.7 Å². The molecule has 2 N–H and O–H groups in total. The summed E-state index contributed by atoms with van der Waals surface area (Å²) in [5.74, 6) is 0.503. The van der Waals surface area contributed by atoms with Gasteiger partial charge >= 0.3 is 0 Å². The topological polar surface area (TPSA) is 97.7 Å². The molecule has 0 aliphatic carbocycles. The summed E-state index contributed by atoms with van der Waals surface area (Å²) in [6.45, 7) is 2.33. The van der Waals surface area contributed by atoms with E-state index in [2.05, 4.69) is 10.5 Å². The molecule has 26 heavy (non-hydrogen) atoms. The van der Waals surface area contributed by atoms with Crippen molar-refractivity contribution in [2.24, 2.45) is 0 Å². The van der Waals surface area contributed by atoms with Gasteiger partial charge in [-0.3, -0.25) is 4.79 Å². The van der Waals surface area contributed by atoms with Gasteiger partial charge in [0.1, 0.15) is 0 Å². The van der Waals surface area contributed by atoms with Crippen LogP contribution in [0.2, 0.25) is 0 Å². The summed E-state index contributed by atoms with van der Waals surface area (Å²) in [5.41, 5.74) is 2.20. The standard InChI is InChI=1S/C19H20N2O5/c1-13-4-6-14(7-5-13)18(25-10-8-22)12-20-19(23)15-11-17(26-21-15)16-3-2-9-24-16/h2-7,9,11,18,22H,8,10,12H2,1H3,(H,20,23). The van der Waals surface area contributed by atoms with Crippen molar-refractivity contribution in [3.05, 3.63) is 65.5 Å². The van der Waals surface area contributed by atoms with E-state index in [9.17, 15) is 4.79 Å². The van der Waals surface area contributed by atoms with Gasteiger partial charge in [-0.15, -0.1) is 0 Å². The lowest BCUT2D eigenvalue weighted by Crippen LogP contribution is -2.30. The molecule has 0 aliphatic rings. The van der Waals surface area contributed by atoms with Gasteiger partial charge < -0.3 is 24.1 Å². The van der Waals surface area contributed by atoms with Gasteiger partial charge in [0.25, 0.3) is 5.91 Å². The largest absolute Gasteiger partial charge is 0.461 e. The number of hydrogen-bond acceptors (Lipinski definition) is 6. The monoisotopic (exact) mass is 356 g/mol. The third-order valence-electron chi connectivity index (χ3n) is 3.81. The zero-order valence-electron chi connectivity index (χ0n) is 14.3. The second kappa shape index (κ2) is 8.46. The highest BCUT2D eigenvalue weighted by molar-refractivity contribution is 5.92. The molecule has 2 heterocycles. The van der Waals surface area contributed by atoms with Crippen LogP contribution in [0.25, 0.3) is 11.5 Å². The smallest absolute Gasteiger partial charge is 0.273 e. The van der Waals surface area contributed by atoms with Crippen molar-refractivity contribution < 1.29 is 23.6 Å². The predicted molar refractivity (Wildman–Crippen MR) is 93.5 cm³/mol.